The summed E-state index contributed by atoms with van der Waals surface area (Å²) in [5, 5.41) is 3.10. The minimum Gasteiger partial charge on any atom is -0.313 e. The fourth-order valence-corrected chi connectivity index (χ4v) is 3.15. The maximum absolute atomic E-state index is 12.3. The lowest BCUT2D eigenvalue weighted by atomic mass is 10.0. The largest absolute Gasteiger partial charge is 0.313 e. The van der Waals surface area contributed by atoms with E-state index in [0.29, 0.717) is 4.90 Å². The molecule has 1 unspecified atom stereocenters. The smallest absolute Gasteiger partial charge is 0.241 e. The molecule has 4 nitrogen and oxygen atoms in total. The standard InChI is InChI=1S/C14H24N2O2S/c1-6-14(3,4)16-19(17,18)13-9-7-8-12(10-13)11(2)15-5/h7-11,15-16H,6H2,1-5H3. The third-order valence-electron chi connectivity index (χ3n) is 3.40. The van der Waals surface area contributed by atoms with E-state index in [2.05, 4.69) is 10.0 Å². The molecule has 0 spiro atoms. The summed E-state index contributed by atoms with van der Waals surface area (Å²) < 4.78 is 27.4. The Kier molecular flexibility index (Phi) is 5.12. The zero-order chi connectivity index (χ0) is 14.7. The summed E-state index contributed by atoms with van der Waals surface area (Å²) in [5.74, 6) is 0. The molecule has 0 aliphatic carbocycles. The van der Waals surface area contributed by atoms with Crippen LogP contribution in [-0.4, -0.2) is 21.0 Å². The average molecular weight is 284 g/mol. The van der Waals surface area contributed by atoms with Gasteiger partial charge in [0.1, 0.15) is 0 Å². The molecular formula is C14H24N2O2S. The van der Waals surface area contributed by atoms with Crippen molar-refractivity contribution in [1.82, 2.24) is 10.0 Å². The van der Waals surface area contributed by atoms with E-state index in [1.54, 1.807) is 18.2 Å². The van der Waals surface area contributed by atoms with Gasteiger partial charge < -0.3 is 5.32 Å². The third-order valence-corrected chi connectivity index (χ3v) is 5.09. The first-order valence-electron chi connectivity index (χ1n) is 6.53. The Hall–Kier alpha value is -0.910. The van der Waals surface area contributed by atoms with Crippen molar-refractivity contribution in [3.05, 3.63) is 29.8 Å². The van der Waals surface area contributed by atoms with Crippen LogP contribution in [0.3, 0.4) is 0 Å². The van der Waals surface area contributed by atoms with Gasteiger partial charge in [0, 0.05) is 11.6 Å². The minimum absolute atomic E-state index is 0.120. The summed E-state index contributed by atoms with van der Waals surface area (Å²) in [4.78, 5) is 0.314. The highest BCUT2D eigenvalue weighted by molar-refractivity contribution is 7.89. The van der Waals surface area contributed by atoms with Crippen LogP contribution in [0, 0.1) is 0 Å². The van der Waals surface area contributed by atoms with E-state index in [0.717, 1.165) is 12.0 Å². The van der Waals surface area contributed by atoms with Gasteiger partial charge >= 0.3 is 0 Å². The minimum atomic E-state index is -3.47. The summed E-state index contributed by atoms with van der Waals surface area (Å²) in [6.07, 6.45) is 0.735. The van der Waals surface area contributed by atoms with Crippen molar-refractivity contribution in [2.75, 3.05) is 7.05 Å². The molecule has 0 saturated heterocycles. The molecule has 1 aromatic rings. The lowest BCUT2D eigenvalue weighted by Gasteiger charge is -2.24. The highest BCUT2D eigenvalue weighted by Gasteiger charge is 2.24. The monoisotopic (exact) mass is 284 g/mol. The van der Waals surface area contributed by atoms with Crippen LogP contribution in [0.2, 0.25) is 0 Å². The molecule has 1 rings (SSSR count). The topological polar surface area (TPSA) is 58.2 Å². The van der Waals surface area contributed by atoms with Crippen molar-refractivity contribution in [3.8, 4) is 0 Å². The number of rotatable bonds is 6. The zero-order valence-electron chi connectivity index (χ0n) is 12.3. The van der Waals surface area contributed by atoms with Gasteiger partial charge in [0.25, 0.3) is 0 Å². The van der Waals surface area contributed by atoms with Gasteiger partial charge in [0.15, 0.2) is 0 Å². The Morgan fingerprint density at radius 1 is 1.32 bits per heavy atom. The van der Waals surface area contributed by atoms with Crippen LogP contribution in [0.25, 0.3) is 0 Å². The lowest BCUT2D eigenvalue weighted by Crippen LogP contribution is -2.42. The van der Waals surface area contributed by atoms with E-state index in [1.165, 1.54) is 0 Å². The maximum atomic E-state index is 12.3. The Morgan fingerprint density at radius 3 is 2.47 bits per heavy atom. The van der Waals surface area contributed by atoms with Crippen molar-refractivity contribution in [1.29, 1.82) is 0 Å². The highest BCUT2D eigenvalue weighted by atomic mass is 32.2. The van der Waals surface area contributed by atoms with Crippen molar-refractivity contribution >= 4 is 10.0 Å². The molecule has 0 aliphatic heterocycles. The van der Waals surface area contributed by atoms with Gasteiger partial charge in [-0.15, -0.1) is 0 Å². The fourth-order valence-electron chi connectivity index (χ4n) is 1.61. The van der Waals surface area contributed by atoms with E-state index < -0.39 is 15.6 Å². The molecule has 0 bridgehead atoms. The van der Waals surface area contributed by atoms with Gasteiger partial charge in [-0.05, 0) is 51.9 Å². The normalized spacial score (nSPS) is 14.4. The Balaban J connectivity index is 3.09. The summed E-state index contributed by atoms with van der Waals surface area (Å²) >= 11 is 0. The van der Waals surface area contributed by atoms with Gasteiger partial charge in [0.2, 0.25) is 10.0 Å². The molecular weight excluding hydrogens is 260 g/mol. The van der Waals surface area contributed by atoms with Crippen LogP contribution in [0.15, 0.2) is 29.2 Å². The second-order valence-corrected chi connectivity index (χ2v) is 7.11. The van der Waals surface area contributed by atoms with E-state index >= 15 is 0 Å². The van der Waals surface area contributed by atoms with Crippen molar-refractivity contribution in [2.45, 2.75) is 50.6 Å². The molecule has 0 amide bonds. The molecule has 0 aromatic heterocycles. The second-order valence-electron chi connectivity index (χ2n) is 5.43. The van der Waals surface area contributed by atoms with Crippen LogP contribution >= 0.6 is 0 Å². The van der Waals surface area contributed by atoms with Crippen LogP contribution in [0.4, 0.5) is 0 Å². The van der Waals surface area contributed by atoms with Gasteiger partial charge in [-0.1, -0.05) is 19.1 Å². The van der Waals surface area contributed by atoms with Gasteiger partial charge in [0.05, 0.1) is 4.90 Å². The number of benzene rings is 1. The second kappa shape index (κ2) is 6.03. The van der Waals surface area contributed by atoms with Crippen molar-refractivity contribution in [2.24, 2.45) is 0 Å². The molecule has 1 atom stereocenters. The van der Waals surface area contributed by atoms with Crippen LogP contribution in [0.1, 0.15) is 45.7 Å². The summed E-state index contributed by atoms with van der Waals surface area (Å²) in [5.41, 5.74) is 0.517. The lowest BCUT2D eigenvalue weighted by molar-refractivity contribution is 0.439. The Labute approximate surface area is 116 Å². The molecule has 0 heterocycles. The molecule has 19 heavy (non-hydrogen) atoms. The molecule has 0 fully saturated rings. The van der Waals surface area contributed by atoms with E-state index in [9.17, 15) is 8.42 Å². The molecule has 0 aliphatic rings. The number of sulfonamides is 1. The van der Waals surface area contributed by atoms with Gasteiger partial charge in [-0.3, -0.25) is 0 Å². The van der Waals surface area contributed by atoms with E-state index in [4.69, 9.17) is 0 Å². The molecule has 0 radical (unpaired) electrons. The van der Waals surface area contributed by atoms with Gasteiger partial charge in [-0.2, -0.15) is 0 Å². The quantitative estimate of drug-likeness (QED) is 0.843. The third kappa shape index (κ3) is 4.30. The van der Waals surface area contributed by atoms with Gasteiger partial charge in [-0.25, -0.2) is 13.1 Å². The molecule has 0 saturated carbocycles. The fraction of sp³-hybridized carbons (Fsp3) is 0.571. The van der Waals surface area contributed by atoms with E-state index in [-0.39, 0.29) is 6.04 Å². The molecule has 1 aromatic carbocycles. The Morgan fingerprint density at radius 2 is 1.95 bits per heavy atom. The summed E-state index contributed by atoms with van der Waals surface area (Å²) in [7, 11) is -1.62. The van der Waals surface area contributed by atoms with Crippen LogP contribution < -0.4 is 10.0 Å². The van der Waals surface area contributed by atoms with Crippen molar-refractivity contribution in [3.63, 3.8) is 0 Å². The first-order chi connectivity index (χ1) is 8.72. The average Bonchev–Trinajstić information content (AvgIpc) is 2.37. The predicted octanol–water partition coefficient (Wildman–Crippen LogP) is 2.43. The van der Waals surface area contributed by atoms with E-state index in [1.807, 2.05) is 40.8 Å². The number of nitrogens with one attached hydrogen (secondary N) is 2. The van der Waals surface area contributed by atoms with Crippen molar-refractivity contribution < 1.29 is 8.42 Å². The summed E-state index contributed by atoms with van der Waals surface area (Å²) in [6.45, 7) is 7.71. The molecule has 108 valence electrons. The zero-order valence-corrected chi connectivity index (χ0v) is 13.1. The molecule has 2 N–H and O–H groups in total. The number of hydrogen-bond acceptors (Lipinski definition) is 3. The van der Waals surface area contributed by atoms with Crippen LogP contribution in [-0.2, 0) is 10.0 Å². The first-order valence-corrected chi connectivity index (χ1v) is 8.01. The summed E-state index contributed by atoms with van der Waals surface area (Å²) in [6, 6.07) is 7.16. The number of hydrogen-bond donors (Lipinski definition) is 2. The first kappa shape index (κ1) is 16.1. The molecule has 5 heteroatoms. The van der Waals surface area contributed by atoms with Crippen LogP contribution in [0.5, 0.6) is 0 Å². The predicted molar refractivity (Wildman–Crippen MR) is 78.6 cm³/mol. The Bertz CT molecular complexity index is 524. The SMILES string of the molecule is CCC(C)(C)NS(=O)(=O)c1cccc(C(C)NC)c1. The maximum Gasteiger partial charge on any atom is 0.241 e. The highest BCUT2D eigenvalue weighted by Crippen LogP contribution is 2.19.